The third-order valence-corrected chi connectivity index (χ3v) is 13.9. The highest BCUT2D eigenvalue weighted by molar-refractivity contribution is 6.11. The molecule has 6 aromatic carbocycles. The van der Waals surface area contributed by atoms with Gasteiger partial charge < -0.3 is 9.47 Å². The second-order valence-electron chi connectivity index (χ2n) is 21.8. The quantitative estimate of drug-likeness (QED) is 0.158. The molecule has 0 saturated heterocycles. The van der Waals surface area contributed by atoms with E-state index in [-0.39, 0.29) is 16.2 Å². The van der Waals surface area contributed by atoms with Crippen LogP contribution in [0.15, 0.2) is 170 Å². The maximum atomic E-state index is 6.82. The number of ether oxygens (including phenoxy) is 2. The summed E-state index contributed by atoms with van der Waals surface area (Å²) in [5.41, 5.74) is 9.35. The lowest BCUT2D eigenvalue weighted by Crippen LogP contribution is -2.13. The van der Waals surface area contributed by atoms with Crippen LogP contribution in [-0.2, 0) is 16.2 Å². The minimum Gasteiger partial charge on any atom is -0.457 e. The molecule has 350 valence electrons. The Balaban J connectivity index is 0.962. The Labute approximate surface area is 413 Å². The molecule has 71 heavy (non-hydrogen) atoms. The molecule has 0 aliphatic rings. The molecule has 9 nitrogen and oxygen atoms in total. The number of rotatable bonds is 7. The van der Waals surface area contributed by atoms with Crippen LogP contribution in [0.25, 0.3) is 83.0 Å². The first-order valence-corrected chi connectivity index (χ1v) is 24.3. The Morgan fingerprint density at radius 1 is 0.324 bits per heavy atom. The molecule has 9 heteroatoms. The van der Waals surface area contributed by atoms with E-state index in [1.165, 1.54) is 11.1 Å². The van der Waals surface area contributed by atoms with Crippen molar-refractivity contribution in [3.63, 3.8) is 0 Å². The maximum absolute atomic E-state index is 6.82. The summed E-state index contributed by atoms with van der Waals surface area (Å²) in [6.07, 6.45) is 7.68. The van der Waals surface area contributed by atoms with E-state index in [0.717, 1.165) is 82.6 Å². The molecule has 0 N–H and O–H groups in total. The highest BCUT2D eigenvalue weighted by Crippen LogP contribution is 2.41. The van der Waals surface area contributed by atoms with Crippen LogP contribution in [0.3, 0.4) is 0 Å². The van der Waals surface area contributed by atoms with Crippen LogP contribution >= 0.6 is 0 Å². The van der Waals surface area contributed by atoms with Gasteiger partial charge in [-0.15, -0.1) is 0 Å². The van der Waals surface area contributed by atoms with Gasteiger partial charge in [-0.3, -0.25) is 13.7 Å². The van der Waals surface area contributed by atoms with Gasteiger partial charge in [-0.2, -0.15) is 0 Å². The Kier molecular flexibility index (Phi) is 9.99. The normalized spacial score (nSPS) is 12.6. The van der Waals surface area contributed by atoms with Crippen LogP contribution in [0.5, 0.6) is 23.0 Å². The summed E-state index contributed by atoms with van der Waals surface area (Å²) in [7, 11) is 0. The summed E-state index contributed by atoms with van der Waals surface area (Å²) in [6.45, 7) is 19.9. The molecule has 12 aromatic rings. The fourth-order valence-electron chi connectivity index (χ4n) is 9.95. The highest BCUT2D eigenvalue weighted by Gasteiger charge is 2.23. The van der Waals surface area contributed by atoms with Crippen LogP contribution < -0.4 is 9.47 Å². The Morgan fingerprint density at radius 3 is 1.03 bits per heavy atom. The monoisotopic (exact) mass is 929 g/mol. The van der Waals surface area contributed by atoms with E-state index in [1.54, 1.807) is 0 Å². The predicted molar refractivity (Wildman–Crippen MR) is 290 cm³/mol. The first-order chi connectivity index (χ1) is 34.1. The van der Waals surface area contributed by atoms with Gasteiger partial charge in [0.1, 0.15) is 34.6 Å². The van der Waals surface area contributed by atoms with Crippen molar-refractivity contribution in [3.8, 4) is 40.6 Å². The summed E-state index contributed by atoms with van der Waals surface area (Å²) >= 11 is 0. The van der Waals surface area contributed by atoms with E-state index in [1.807, 2.05) is 49.1 Å². The second-order valence-corrected chi connectivity index (χ2v) is 21.8. The highest BCUT2D eigenvalue weighted by atomic mass is 16.5. The van der Waals surface area contributed by atoms with Crippen LogP contribution in [-0.4, -0.2) is 33.6 Å². The molecular weight excluding hydrogens is 875 g/mol. The zero-order valence-electron chi connectivity index (χ0n) is 41.6. The molecule has 0 aliphatic carbocycles. The summed E-state index contributed by atoms with van der Waals surface area (Å²) in [5.74, 6) is 5.09. The van der Waals surface area contributed by atoms with Gasteiger partial charge in [0, 0.05) is 81.4 Å². The molecule has 0 radical (unpaired) electrons. The van der Waals surface area contributed by atoms with E-state index in [0.29, 0.717) is 28.9 Å². The third kappa shape index (κ3) is 7.64. The molecule has 0 unspecified atom stereocenters. The Hall–Kier alpha value is -8.30. The average molecular weight is 930 g/mol. The number of pyridine rings is 2. The smallest absolute Gasteiger partial charge is 0.234 e. The van der Waals surface area contributed by atoms with Gasteiger partial charge in [0.05, 0.1) is 33.1 Å². The Morgan fingerprint density at radius 2 is 0.662 bits per heavy atom. The predicted octanol–water partition coefficient (Wildman–Crippen LogP) is 16.0. The number of nitrogens with zero attached hydrogens (tertiary/aromatic N) is 7. The molecule has 0 aliphatic heterocycles. The lowest BCUT2D eigenvalue weighted by atomic mass is 9.88. The zero-order chi connectivity index (χ0) is 49.0. The molecule has 6 aromatic heterocycles. The number of hydrogen-bond donors (Lipinski definition) is 0. The summed E-state index contributed by atoms with van der Waals surface area (Å²) in [5, 5.41) is 6.66. The van der Waals surface area contributed by atoms with E-state index in [9.17, 15) is 0 Å². The van der Waals surface area contributed by atoms with Crippen molar-refractivity contribution in [2.24, 2.45) is 0 Å². The van der Waals surface area contributed by atoms with Crippen molar-refractivity contribution < 1.29 is 9.47 Å². The van der Waals surface area contributed by atoms with Crippen molar-refractivity contribution in [2.45, 2.75) is 78.6 Å². The molecule has 0 amide bonds. The minimum atomic E-state index is -0.113. The average Bonchev–Trinajstić information content (AvgIpc) is 3.98. The zero-order valence-corrected chi connectivity index (χ0v) is 41.6. The summed E-state index contributed by atoms with van der Waals surface area (Å²) in [4.78, 5) is 19.8. The van der Waals surface area contributed by atoms with Gasteiger partial charge in [0.2, 0.25) is 5.95 Å². The van der Waals surface area contributed by atoms with Crippen LogP contribution in [0.1, 0.15) is 79.0 Å². The molecule has 12 rings (SSSR count). The van der Waals surface area contributed by atoms with Crippen molar-refractivity contribution in [1.29, 1.82) is 0 Å². The summed E-state index contributed by atoms with van der Waals surface area (Å²) in [6, 6.07) is 50.7. The fraction of sp³-hybridized carbons (Fsp3) is 0.194. The maximum Gasteiger partial charge on any atom is 0.234 e. The topological polar surface area (TPSA) is 84.8 Å². The number of hydrogen-bond acceptors (Lipinski definition) is 6. The fourth-order valence-corrected chi connectivity index (χ4v) is 9.95. The molecular formula is C62H55N7O2. The lowest BCUT2D eigenvalue weighted by Gasteiger charge is -2.20. The molecule has 0 spiro atoms. The molecule has 0 fully saturated rings. The number of aromatic nitrogens is 7. The molecule has 0 atom stereocenters. The van der Waals surface area contributed by atoms with Crippen LogP contribution in [0, 0.1) is 0 Å². The van der Waals surface area contributed by atoms with Crippen molar-refractivity contribution in [2.75, 3.05) is 0 Å². The number of fused-ring (bicyclic) bond motifs is 9. The van der Waals surface area contributed by atoms with Crippen molar-refractivity contribution >= 4 is 65.4 Å². The van der Waals surface area contributed by atoms with Gasteiger partial charge in [0.25, 0.3) is 0 Å². The lowest BCUT2D eigenvalue weighted by molar-refractivity contribution is 0.484. The van der Waals surface area contributed by atoms with Gasteiger partial charge in [0.15, 0.2) is 0 Å². The molecule has 0 saturated carbocycles. The van der Waals surface area contributed by atoms with E-state index >= 15 is 0 Å². The van der Waals surface area contributed by atoms with E-state index in [2.05, 4.69) is 197 Å². The second kappa shape index (κ2) is 16.1. The first-order valence-electron chi connectivity index (χ1n) is 24.3. The standard InChI is InChI=1S/C62H55N7O2/c1-60(2,3)38-26-28-63-57(30-38)67-51-16-12-10-14-45(51)47-22-18-41(32-53(47)67)70-43-20-24-49-50-25-21-44(35-56(50)69(55(49)34-43)59-65-36-40(37-66-59)62(7,8)9)71-42-19-23-48-46-15-11-13-17-52(46)68(54(48)33-42)58-31-39(27-29-64-58)61(4,5)6/h10-37H,1-9H3. The third-order valence-electron chi connectivity index (χ3n) is 13.9. The number of para-hydroxylation sites is 2. The van der Waals surface area contributed by atoms with Crippen LogP contribution in [0.4, 0.5) is 0 Å². The number of benzene rings is 6. The van der Waals surface area contributed by atoms with Crippen LogP contribution in [0.2, 0.25) is 0 Å². The van der Waals surface area contributed by atoms with Gasteiger partial charge in [-0.1, -0.05) is 98.7 Å². The minimum absolute atomic E-state index is 0.0313. The van der Waals surface area contributed by atoms with E-state index < -0.39 is 0 Å². The largest absolute Gasteiger partial charge is 0.457 e. The summed E-state index contributed by atoms with van der Waals surface area (Å²) < 4.78 is 20.2. The first kappa shape index (κ1) is 43.9. The molecule has 6 heterocycles. The van der Waals surface area contributed by atoms with Gasteiger partial charge in [-0.25, -0.2) is 19.9 Å². The SMILES string of the molecule is CC(C)(C)c1cnc(-n2c3cc(Oc4ccc5c6ccccc6n(-c6cc(C(C)(C)C)ccn6)c5c4)ccc3c3ccc(Oc4ccc5c6ccccc6n(-c6cc(C(C)(C)C)ccn6)c5c4)cc32)nc1. The van der Waals surface area contributed by atoms with Crippen molar-refractivity contribution in [1.82, 2.24) is 33.6 Å². The Bertz CT molecular complexity index is 3830. The van der Waals surface area contributed by atoms with Gasteiger partial charge >= 0.3 is 0 Å². The van der Waals surface area contributed by atoms with Crippen molar-refractivity contribution in [3.05, 3.63) is 187 Å². The molecule has 0 bridgehead atoms. The van der Waals surface area contributed by atoms with E-state index in [4.69, 9.17) is 29.4 Å². The van der Waals surface area contributed by atoms with Gasteiger partial charge in [-0.05, 0) is 118 Å².